The standard InChI is InChI=1S/C24H26ClN7O3/c1-35-20-4-3-14(7-18(20)25)9-28-22-17(23(34)29-11-21-26-5-2-6-27-21)10-30-24(31-22)32-12-15-8-16(15)19(32)13-33/h2-7,10,15-16,19,33H,8-9,11-13H2,1H3,(H,29,34)(H,28,30,31). The smallest absolute Gasteiger partial charge is 0.256 e. The normalized spacial score (nSPS) is 20.3. The molecule has 10 nitrogen and oxygen atoms in total. The van der Waals surface area contributed by atoms with E-state index in [2.05, 4.69) is 25.6 Å². The van der Waals surface area contributed by atoms with Crippen molar-refractivity contribution in [1.82, 2.24) is 25.3 Å². The van der Waals surface area contributed by atoms with Gasteiger partial charge in [-0.15, -0.1) is 0 Å². The maximum absolute atomic E-state index is 13.0. The Bertz CT molecular complexity index is 1210. The Morgan fingerprint density at radius 2 is 2.09 bits per heavy atom. The molecular weight excluding hydrogens is 470 g/mol. The van der Waals surface area contributed by atoms with Gasteiger partial charge in [0.1, 0.15) is 23.0 Å². The second-order valence-electron chi connectivity index (χ2n) is 8.66. The molecule has 0 radical (unpaired) electrons. The molecule has 3 aromatic rings. The van der Waals surface area contributed by atoms with Gasteiger partial charge in [0.05, 0.1) is 31.3 Å². The summed E-state index contributed by atoms with van der Waals surface area (Å²) in [5.74, 6) is 2.69. The Balaban J connectivity index is 1.38. The molecule has 5 rings (SSSR count). The third kappa shape index (κ3) is 4.98. The molecule has 2 aromatic heterocycles. The highest BCUT2D eigenvalue weighted by molar-refractivity contribution is 6.32. The van der Waals surface area contributed by atoms with Crippen molar-refractivity contribution in [3.8, 4) is 5.75 Å². The molecule has 3 unspecified atom stereocenters. The Labute approximate surface area is 207 Å². The number of aromatic nitrogens is 4. The average molecular weight is 496 g/mol. The molecule has 3 atom stereocenters. The monoisotopic (exact) mass is 495 g/mol. The summed E-state index contributed by atoms with van der Waals surface area (Å²) in [5, 5.41) is 16.5. The topological polar surface area (TPSA) is 125 Å². The van der Waals surface area contributed by atoms with Gasteiger partial charge in [-0.25, -0.2) is 15.0 Å². The molecule has 1 saturated heterocycles. The number of carbonyl (C=O) groups excluding carboxylic acids is 1. The van der Waals surface area contributed by atoms with E-state index >= 15 is 0 Å². The molecule has 1 saturated carbocycles. The van der Waals surface area contributed by atoms with Gasteiger partial charge in [-0.1, -0.05) is 17.7 Å². The van der Waals surface area contributed by atoms with Crippen molar-refractivity contribution >= 4 is 29.3 Å². The number of hydrogen-bond acceptors (Lipinski definition) is 9. The van der Waals surface area contributed by atoms with Crippen molar-refractivity contribution in [2.24, 2.45) is 11.8 Å². The van der Waals surface area contributed by atoms with Gasteiger partial charge in [-0.3, -0.25) is 4.79 Å². The zero-order valence-electron chi connectivity index (χ0n) is 19.2. The second-order valence-corrected chi connectivity index (χ2v) is 9.07. The zero-order chi connectivity index (χ0) is 24.4. The number of halogens is 1. The van der Waals surface area contributed by atoms with Crippen molar-refractivity contribution in [2.45, 2.75) is 25.6 Å². The first-order valence-electron chi connectivity index (χ1n) is 11.4. The highest BCUT2D eigenvalue weighted by atomic mass is 35.5. The van der Waals surface area contributed by atoms with E-state index in [1.54, 1.807) is 37.7 Å². The van der Waals surface area contributed by atoms with Gasteiger partial charge < -0.3 is 25.4 Å². The quantitative estimate of drug-likeness (QED) is 0.410. The van der Waals surface area contributed by atoms with Crippen molar-refractivity contribution in [3.63, 3.8) is 0 Å². The third-order valence-corrected chi connectivity index (χ3v) is 6.77. The van der Waals surface area contributed by atoms with Crippen LogP contribution < -0.4 is 20.3 Å². The number of aliphatic hydroxyl groups excluding tert-OH is 1. The summed E-state index contributed by atoms with van der Waals surface area (Å²) in [6.07, 6.45) is 5.90. The van der Waals surface area contributed by atoms with Gasteiger partial charge in [0.2, 0.25) is 5.95 Å². The van der Waals surface area contributed by atoms with Crippen molar-refractivity contribution in [3.05, 3.63) is 64.8 Å². The van der Waals surface area contributed by atoms with E-state index in [0.717, 1.165) is 18.5 Å². The highest BCUT2D eigenvalue weighted by Crippen LogP contribution is 2.50. The molecular formula is C24H26ClN7O3. The summed E-state index contributed by atoms with van der Waals surface area (Å²) in [5.41, 5.74) is 1.20. The molecule has 1 aromatic carbocycles. The molecule has 0 bridgehead atoms. The fourth-order valence-electron chi connectivity index (χ4n) is 4.53. The van der Waals surface area contributed by atoms with E-state index in [0.29, 0.717) is 52.3 Å². The predicted octanol–water partition coefficient (Wildman–Crippen LogP) is 2.29. The van der Waals surface area contributed by atoms with E-state index in [-0.39, 0.29) is 25.1 Å². The maximum atomic E-state index is 13.0. The number of anilines is 2. The molecule has 2 aliphatic rings. The van der Waals surface area contributed by atoms with Gasteiger partial charge in [0, 0.05) is 31.7 Å². The van der Waals surface area contributed by atoms with Crippen LogP contribution in [0.15, 0.2) is 42.9 Å². The molecule has 182 valence electrons. The predicted molar refractivity (Wildman–Crippen MR) is 130 cm³/mol. The van der Waals surface area contributed by atoms with Crippen LogP contribution in [0.2, 0.25) is 5.02 Å². The van der Waals surface area contributed by atoms with E-state index in [1.807, 2.05) is 11.0 Å². The van der Waals surface area contributed by atoms with Crippen LogP contribution in [-0.4, -0.2) is 57.3 Å². The molecule has 1 aliphatic heterocycles. The number of ether oxygens (including phenoxy) is 1. The van der Waals surface area contributed by atoms with E-state index < -0.39 is 0 Å². The summed E-state index contributed by atoms with van der Waals surface area (Å²) >= 11 is 6.27. The van der Waals surface area contributed by atoms with Crippen LogP contribution >= 0.6 is 11.6 Å². The minimum Gasteiger partial charge on any atom is -0.495 e. The first-order chi connectivity index (χ1) is 17.1. The molecule has 2 fully saturated rings. The van der Waals surface area contributed by atoms with Gasteiger partial charge >= 0.3 is 0 Å². The lowest BCUT2D eigenvalue weighted by atomic mass is 10.2. The number of nitrogens with one attached hydrogen (secondary N) is 2. The number of fused-ring (bicyclic) bond motifs is 1. The van der Waals surface area contributed by atoms with Crippen molar-refractivity contribution < 1.29 is 14.6 Å². The van der Waals surface area contributed by atoms with E-state index in [1.165, 1.54) is 6.20 Å². The summed E-state index contributed by atoms with van der Waals surface area (Å²) in [4.78, 5) is 32.5. The van der Waals surface area contributed by atoms with E-state index in [4.69, 9.17) is 21.3 Å². The Morgan fingerprint density at radius 1 is 1.26 bits per heavy atom. The number of methoxy groups -OCH3 is 1. The first kappa shape index (κ1) is 23.3. The number of rotatable bonds is 9. The van der Waals surface area contributed by atoms with Gasteiger partial charge in [0.15, 0.2) is 0 Å². The van der Waals surface area contributed by atoms with Crippen molar-refractivity contribution in [2.75, 3.05) is 30.5 Å². The third-order valence-electron chi connectivity index (χ3n) is 6.47. The van der Waals surface area contributed by atoms with E-state index in [9.17, 15) is 9.90 Å². The number of carbonyl (C=O) groups is 1. The van der Waals surface area contributed by atoms with Gasteiger partial charge in [0.25, 0.3) is 5.91 Å². The van der Waals surface area contributed by atoms with Gasteiger partial charge in [-0.05, 0) is 42.0 Å². The SMILES string of the molecule is COc1ccc(CNc2nc(N3CC4CC4C3CO)ncc2C(=O)NCc2ncccn2)cc1Cl. The molecule has 3 heterocycles. The van der Waals surface area contributed by atoms with Crippen LogP contribution in [0.5, 0.6) is 5.75 Å². The molecule has 1 aliphatic carbocycles. The number of hydrogen-bond donors (Lipinski definition) is 3. The van der Waals surface area contributed by atoms with Crippen molar-refractivity contribution in [1.29, 1.82) is 0 Å². The summed E-state index contributed by atoms with van der Waals surface area (Å²) in [6, 6.07) is 7.21. The number of benzene rings is 1. The number of aliphatic hydroxyl groups is 1. The second kappa shape index (κ2) is 10.0. The lowest BCUT2D eigenvalue weighted by molar-refractivity contribution is 0.0950. The lowest BCUT2D eigenvalue weighted by Gasteiger charge is -2.26. The first-order valence-corrected chi connectivity index (χ1v) is 11.8. The zero-order valence-corrected chi connectivity index (χ0v) is 19.9. The molecule has 1 amide bonds. The largest absolute Gasteiger partial charge is 0.495 e. The number of piperidine rings is 1. The van der Waals surface area contributed by atoms with Crippen LogP contribution in [-0.2, 0) is 13.1 Å². The number of nitrogens with zero attached hydrogens (tertiary/aromatic N) is 5. The molecule has 11 heteroatoms. The molecule has 0 spiro atoms. The Kier molecular flexibility index (Phi) is 6.65. The van der Waals surface area contributed by atoms with Crippen LogP contribution in [0.3, 0.4) is 0 Å². The Hall–Kier alpha value is -3.50. The van der Waals surface area contributed by atoms with Crippen LogP contribution in [0.1, 0.15) is 28.2 Å². The highest BCUT2D eigenvalue weighted by Gasteiger charge is 2.53. The van der Waals surface area contributed by atoms with Gasteiger partial charge in [-0.2, -0.15) is 4.98 Å². The molecule has 35 heavy (non-hydrogen) atoms. The summed E-state index contributed by atoms with van der Waals surface area (Å²) < 4.78 is 5.22. The van der Waals surface area contributed by atoms with Crippen LogP contribution in [0.25, 0.3) is 0 Å². The molecule has 3 N–H and O–H groups in total. The van der Waals surface area contributed by atoms with Crippen LogP contribution in [0.4, 0.5) is 11.8 Å². The minimum absolute atomic E-state index is 0.00292. The maximum Gasteiger partial charge on any atom is 0.256 e. The Morgan fingerprint density at radius 3 is 2.83 bits per heavy atom. The fraction of sp³-hybridized carbons (Fsp3) is 0.375. The van der Waals surface area contributed by atoms with Crippen LogP contribution in [0, 0.1) is 11.8 Å². The summed E-state index contributed by atoms with van der Waals surface area (Å²) in [6.45, 7) is 1.42. The number of amides is 1. The fourth-order valence-corrected chi connectivity index (χ4v) is 4.81. The summed E-state index contributed by atoms with van der Waals surface area (Å²) in [7, 11) is 1.56. The lowest BCUT2D eigenvalue weighted by Crippen LogP contribution is -2.37. The minimum atomic E-state index is -0.345. The average Bonchev–Trinajstić information content (AvgIpc) is 3.56.